The number of ether oxygens (including phenoxy) is 2. The lowest BCUT2D eigenvalue weighted by Crippen LogP contribution is -2.60. The number of aliphatic hydroxyl groups is 5. The highest BCUT2D eigenvalue weighted by molar-refractivity contribution is 5.76. The Morgan fingerprint density at radius 2 is 0.727 bits per heavy atom. The molecule has 7 atom stereocenters. The Kier molecular flexibility index (Phi) is 55.8. The lowest BCUT2D eigenvalue weighted by atomic mass is 9.99. The molecule has 6 N–H and O–H groups in total. The standard InChI is InChI=1S/C68H133NO8/c1-3-5-7-9-11-13-15-17-19-21-23-25-27-28-29-30-31-32-33-34-35-36-38-40-42-44-46-48-50-52-54-56-58-64(72)69-61(60-76-68-67(75)66(74)65(73)63(59-70)77-68)62(71)57-55-53-51-49-47-45-43-41-39-37-26-24-22-20-18-16-14-12-10-8-6-4-2/h28-29,61-63,65-68,70-71,73-75H,3-27,30-60H2,1-2H3,(H,69,72)/b29-28-. The quantitative estimate of drug-likeness (QED) is 0.0261. The molecule has 0 saturated carbocycles. The SMILES string of the molecule is CCCCCCCCCCCCCC/C=C\CCCCCCCCCCCCCCCCCCC(=O)NC(COC1OC(CO)C(O)C(O)C1O)C(O)CCCCCCCCCCCCCCCCCCCCCCCC. The molecule has 0 aromatic carbocycles. The fourth-order valence-electron chi connectivity index (χ4n) is 11.5. The summed E-state index contributed by atoms with van der Waals surface area (Å²) in [4.78, 5) is 13.1. The van der Waals surface area contributed by atoms with Crippen molar-refractivity contribution in [3.8, 4) is 0 Å². The number of unbranched alkanes of at least 4 members (excludes halogenated alkanes) is 49. The summed E-state index contributed by atoms with van der Waals surface area (Å²) in [5, 5.41) is 54.9. The minimum Gasteiger partial charge on any atom is -0.394 e. The van der Waals surface area contributed by atoms with Gasteiger partial charge in [0.05, 0.1) is 25.4 Å². The summed E-state index contributed by atoms with van der Waals surface area (Å²) in [6.45, 7) is 3.90. The Hall–Kier alpha value is -1.07. The van der Waals surface area contributed by atoms with E-state index in [1.54, 1.807) is 0 Å². The zero-order chi connectivity index (χ0) is 55.8. The monoisotopic (exact) mass is 1090 g/mol. The molecule has 77 heavy (non-hydrogen) atoms. The normalized spacial score (nSPS) is 18.7. The predicted molar refractivity (Wildman–Crippen MR) is 327 cm³/mol. The average Bonchev–Trinajstić information content (AvgIpc) is 3.43. The number of hydrogen-bond acceptors (Lipinski definition) is 8. The van der Waals surface area contributed by atoms with E-state index in [-0.39, 0.29) is 12.5 Å². The van der Waals surface area contributed by atoms with Crippen LogP contribution >= 0.6 is 0 Å². The number of carbonyl (C=O) groups excluding carboxylic acids is 1. The van der Waals surface area contributed by atoms with Crippen LogP contribution in [0.5, 0.6) is 0 Å². The Bertz CT molecular complexity index is 1220. The maximum Gasteiger partial charge on any atom is 0.220 e. The summed E-state index contributed by atoms with van der Waals surface area (Å²) in [6.07, 6.45) is 67.1. The third-order valence-electron chi connectivity index (χ3n) is 16.9. The van der Waals surface area contributed by atoms with Crippen molar-refractivity contribution in [1.82, 2.24) is 5.32 Å². The molecule has 9 heteroatoms. The van der Waals surface area contributed by atoms with Crippen molar-refractivity contribution in [2.45, 2.75) is 403 Å². The third kappa shape index (κ3) is 47.2. The van der Waals surface area contributed by atoms with Gasteiger partial charge in [0.15, 0.2) is 6.29 Å². The second kappa shape index (κ2) is 58.1. The van der Waals surface area contributed by atoms with Crippen LogP contribution in [0.15, 0.2) is 12.2 Å². The zero-order valence-corrected chi connectivity index (χ0v) is 51.3. The largest absolute Gasteiger partial charge is 0.394 e. The summed E-state index contributed by atoms with van der Waals surface area (Å²) in [7, 11) is 0. The summed E-state index contributed by atoms with van der Waals surface area (Å²) in [6, 6.07) is -0.717. The van der Waals surface area contributed by atoms with Gasteiger partial charge in [0.2, 0.25) is 5.91 Å². The van der Waals surface area contributed by atoms with Crippen LogP contribution in [0, 0.1) is 0 Å². The topological polar surface area (TPSA) is 149 Å². The second-order valence-electron chi connectivity index (χ2n) is 24.3. The first-order valence-corrected chi connectivity index (χ1v) is 34.4. The van der Waals surface area contributed by atoms with E-state index in [9.17, 15) is 30.3 Å². The molecule has 1 aliphatic rings. The van der Waals surface area contributed by atoms with Gasteiger partial charge >= 0.3 is 0 Å². The van der Waals surface area contributed by atoms with Gasteiger partial charge in [-0.3, -0.25) is 4.79 Å². The molecule has 0 bridgehead atoms. The number of amides is 1. The molecule has 1 saturated heterocycles. The van der Waals surface area contributed by atoms with Crippen LogP contribution in [0.2, 0.25) is 0 Å². The smallest absolute Gasteiger partial charge is 0.220 e. The van der Waals surface area contributed by atoms with Gasteiger partial charge in [-0.1, -0.05) is 328 Å². The first kappa shape index (κ1) is 73.9. The Balaban J connectivity index is 2.10. The molecule has 1 aliphatic heterocycles. The minimum atomic E-state index is -1.55. The number of nitrogens with one attached hydrogen (secondary N) is 1. The van der Waals surface area contributed by atoms with Crippen LogP contribution in [-0.2, 0) is 14.3 Å². The molecule has 0 aromatic rings. The highest BCUT2D eigenvalue weighted by Crippen LogP contribution is 2.24. The predicted octanol–water partition coefficient (Wildman–Crippen LogP) is 18.3. The van der Waals surface area contributed by atoms with Crippen LogP contribution in [-0.4, -0.2) is 87.5 Å². The highest BCUT2D eigenvalue weighted by Gasteiger charge is 2.44. The van der Waals surface area contributed by atoms with Gasteiger partial charge in [-0.2, -0.15) is 0 Å². The highest BCUT2D eigenvalue weighted by atomic mass is 16.7. The summed E-state index contributed by atoms with van der Waals surface area (Å²) >= 11 is 0. The van der Waals surface area contributed by atoms with Crippen molar-refractivity contribution in [1.29, 1.82) is 0 Å². The van der Waals surface area contributed by atoms with E-state index in [4.69, 9.17) is 9.47 Å². The van der Waals surface area contributed by atoms with Crippen molar-refractivity contribution < 1.29 is 39.8 Å². The number of rotatable bonds is 61. The van der Waals surface area contributed by atoms with Gasteiger partial charge in [0.1, 0.15) is 24.4 Å². The van der Waals surface area contributed by atoms with Crippen LogP contribution in [0.4, 0.5) is 0 Å². The van der Waals surface area contributed by atoms with Crippen LogP contribution in [0.25, 0.3) is 0 Å². The molecule has 0 aliphatic carbocycles. The molecule has 1 fully saturated rings. The summed E-state index contributed by atoms with van der Waals surface area (Å²) in [5.41, 5.74) is 0. The van der Waals surface area contributed by atoms with Gasteiger partial charge in [-0.25, -0.2) is 0 Å². The van der Waals surface area contributed by atoms with Crippen molar-refractivity contribution in [3.05, 3.63) is 12.2 Å². The minimum absolute atomic E-state index is 0.132. The van der Waals surface area contributed by atoms with E-state index < -0.39 is 49.5 Å². The third-order valence-corrected chi connectivity index (χ3v) is 16.9. The van der Waals surface area contributed by atoms with E-state index >= 15 is 0 Å². The molecule has 1 rings (SSSR count). The van der Waals surface area contributed by atoms with Gasteiger partial charge in [-0.05, 0) is 38.5 Å². The first-order valence-electron chi connectivity index (χ1n) is 34.4. The lowest BCUT2D eigenvalue weighted by molar-refractivity contribution is -0.302. The number of carbonyl (C=O) groups is 1. The average molecular weight is 1090 g/mol. The molecule has 1 heterocycles. The van der Waals surface area contributed by atoms with E-state index in [2.05, 4.69) is 31.3 Å². The number of hydrogen-bond donors (Lipinski definition) is 6. The van der Waals surface area contributed by atoms with Gasteiger partial charge in [-0.15, -0.1) is 0 Å². The van der Waals surface area contributed by atoms with E-state index in [0.717, 1.165) is 38.5 Å². The molecule has 0 spiro atoms. The van der Waals surface area contributed by atoms with Crippen molar-refractivity contribution in [2.24, 2.45) is 0 Å². The summed E-state index contributed by atoms with van der Waals surface area (Å²) in [5.74, 6) is -0.136. The first-order chi connectivity index (χ1) is 37.8. The Morgan fingerprint density at radius 1 is 0.429 bits per heavy atom. The summed E-state index contributed by atoms with van der Waals surface area (Å²) < 4.78 is 11.4. The number of allylic oxidation sites excluding steroid dienone is 2. The van der Waals surface area contributed by atoms with E-state index in [1.165, 1.54) is 295 Å². The molecule has 9 nitrogen and oxygen atoms in total. The van der Waals surface area contributed by atoms with Crippen LogP contribution in [0.3, 0.4) is 0 Å². The Morgan fingerprint density at radius 3 is 1.05 bits per heavy atom. The molecule has 1 amide bonds. The molecule has 7 unspecified atom stereocenters. The maximum absolute atomic E-state index is 13.1. The van der Waals surface area contributed by atoms with Crippen molar-refractivity contribution in [3.63, 3.8) is 0 Å². The van der Waals surface area contributed by atoms with E-state index in [0.29, 0.717) is 12.8 Å². The van der Waals surface area contributed by atoms with Gasteiger partial charge in [0.25, 0.3) is 0 Å². The van der Waals surface area contributed by atoms with Crippen LogP contribution < -0.4 is 5.32 Å². The maximum atomic E-state index is 13.1. The molecule has 458 valence electrons. The van der Waals surface area contributed by atoms with Gasteiger partial charge < -0.3 is 40.3 Å². The molecular formula is C68H133NO8. The lowest BCUT2D eigenvalue weighted by Gasteiger charge is -2.40. The number of aliphatic hydroxyl groups excluding tert-OH is 5. The zero-order valence-electron chi connectivity index (χ0n) is 51.3. The fraction of sp³-hybridized carbons (Fsp3) is 0.956. The fourth-order valence-corrected chi connectivity index (χ4v) is 11.5. The second-order valence-corrected chi connectivity index (χ2v) is 24.3. The van der Waals surface area contributed by atoms with Crippen molar-refractivity contribution >= 4 is 5.91 Å². The molecule has 0 radical (unpaired) electrons. The molecular weight excluding hydrogens is 959 g/mol. The van der Waals surface area contributed by atoms with E-state index in [1.807, 2.05) is 0 Å². The Labute approximate surface area is 477 Å². The van der Waals surface area contributed by atoms with Crippen molar-refractivity contribution in [2.75, 3.05) is 13.2 Å². The molecule has 0 aromatic heterocycles. The van der Waals surface area contributed by atoms with Gasteiger partial charge in [0, 0.05) is 6.42 Å². The van der Waals surface area contributed by atoms with Crippen LogP contribution in [0.1, 0.15) is 361 Å².